The highest BCUT2D eigenvalue weighted by molar-refractivity contribution is 8.15. The minimum Gasteiger partial charge on any atom is -0.465 e. The van der Waals surface area contributed by atoms with Crippen molar-refractivity contribution in [2.45, 2.75) is 58.2 Å². The highest BCUT2D eigenvalue weighted by Gasteiger charge is 2.40. The molecule has 1 aromatic rings. The van der Waals surface area contributed by atoms with Crippen molar-refractivity contribution in [1.82, 2.24) is 14.8 Å². The maximum atomic E-state index is 13.2. The van der Waals surface area contributed by atoms with Gasteiger partial charge in [-0.25, -0.2) is 15.6 Å². The average Bonchev–Trinajstić information content (AvgIpc) is 3.11. The number of aliphatic imine (C=N–C) groups is 1. The zero-order valence-corrected chi connectivity index (χ0v) is 20.1. The van der Waals surface area contributed by atoms with Gasteiger partial charge in [0.15, 0.2) is 5.17 Å². The Hall–Kier alpha value is -2.92. The highest BCUT2D eigenvalue weighted by Crippen LogP contribution is 2.28. The third kappa shape index (κ3) is 6.78. The van der Waals surface area contributed by atoms with Gasteiger partial charge in [0.05, 0.1) is 11.4 Å². The second-order valence-corrected chi connectivity index (χ2v) is 9.61. The van der Waals surface area contributed by atoms with Crippen LogP contribution in [0, 0.1) is 0 Å². The Morgan fingerprint density at radius 2 is 1.94 bits per heavy atom. The van der Waals surface area contributed by atoms with Crippen molar-refractivity contribution in [2.24, 2.45) is 10.8 Å². The minimum atomic E-state index is -1.07. The van der Waals surface area contributed by atoms with Gasteiger partial charge < -0.3 is 14.8 Å². The van der Waals surface area contributed by atoms with Crippen LogP contribution < -0.4 is 5.84 Å². The van der Waals surface area contributed by atoms with Gasteiger partial charge in [0.2, 0.25) is 5.91 Å². The van der Waals surface area contributed by atoms with Gasteiger partial charge in [0, 0.05) is 12.1 Å². The zero-order chi connectivity index (χ0) is 24.8. The van der Waals surface area contributed by atoms with E-state index in [1.165, 1.54) is 28.5 Å². The molecule has 1 aliphatic heterocycles. The van der Waals surface area contributed by atoms with E-state index in [9.17, 15) is 24.3 Å². The predicted octanol–water partition coefficient (Wildman–Crippen LogP) is 2.47. The lowest BCUT2D eigenvalue weighted by Crippen LogP contribution is -2.56. The SMILES string of the molecule is C[C@@H](C=O)N(N)C(=O)[C@H](CCCN(C(=O)O)C(C)(C)C)N1C(=O)CSC1=Nc1ccccc1. The van der Waals surface area contributed by atoms with E-state index >= 15 is 0 Å². The molecule has 1 aromatic carbocycles. The van der Waals surface area contributed by atoms with Crippen LogP contribution in [0.4, 0.5) is 10.5 Å². The number of amidine groups is 1. The Morgan fingerprint density at radius 1 is 1.30 bits per heavy atom. The van der Waals surface area contributed by atoms with Gasteiger partial charge in [-0.15, -0.1) is 0 Å². The van der Waals surface area contributed by atoms with Gasteiger partial charge in [-0.3, -0.25) is 19.5 Å². The van der Waals surface area contributed by atoms with E-state index in [-0.39, 0.29) is 24.6 Å². The number of carbonyl (C=O) groups is 4. The minimum absolute atomic E-state index is 0.118. The molecular weight excluding hydrogens is 446 g/mol. The molecular formula is C22H31N5O5S. The maximum absolute atomic E-state index is 13.2. The van der Waals surface area contributed by atoms with E-state index < -0.39 is 29.6 Å². The summed E-state index contributed by atoms with van der Waals surface area (Å²) >= 11 is 1.21. The number of rotatable bonds is 9. The molecule has 0 aromatic heterocycles. The summed E-state index contributed by atoms with van der Waals surface area (Å²) in [4.78, 5) is 56.0. The Morgan fingerprint density at radius 3 is 2.48 bits per heavy atom. The van der Waals surface area contributed by atoms with Gasteiger partial charge >= 0.3 is 6.09 Å². The normalized spacial score (nSPS) is 17.1. The largest absolute Gasteiger partial charge is 0.465 e. The molecule has 0 aliphatic carbocycles. The molecule has 2 atom stereocenters. The van der Waals surface area contributed by atoms with Crippen molar-refractivity contribution in [3.8, 4) is 0 Å². The summed E-state index contributed by atoms with van der Waals surface area (Å²) in [6.07, 6.45) is -0.0752. The number of thioether (sulfide) groups is 1. The smallest absolute Gasteiger partial charge is 0.407 e. The number of aldehydes is 1. The summed E-state index contributed by atoms with van der Waals surface area (Å²) in [5.74, 6) is 5.11. The third-order valence-corrected chi connectivity index (χ3v) is 6.10. The fraction of sp³-hybridized carbons (Fsp3) is 0.500. The molecule has 10 nitrogen and oxygen atoms in total. The predicted molar refractivity (Wildman–Crippen MR) is 127 cm³/mol. The lowest BCUT2D eigenvalue weighted by atomic mass is 10.0. The van der Waals surface area contributed by atoms with Gasteiger partial charge in [-0.1, -0.05) is 30.0 Å². The van der Waals surface area contributed by atoms with E-state index in [0.717, 1.165) is 5.01 Å². The van der Waals surface area contributed by atoms with Crippen LogP contribution >= 0.6 is 11.8 Å². The van der Waals surface area contributed by atoms with E-state index in [1.807, 2.05) is 18.2 Å². The Bertz CT molecular complexity index is 902. The van der Waals surface area contributed by atoms with Gasteiger partial charge in [0.25, 0.3) is 5.91 Å². The fourth-order valence-electron chi connectivity index (χ4n) is 3.34. The van der Waals surface area contributed by atoms with Crippen molar-refractivity contribution in [2.75, 3.05) is 12.3 Å². The monoisotopic (exact) mass is 477 g/mol. The number of hydrogen-bond acceptors (Lipinski definition) is 7. The average molecular weight is 478 g/mol. The first kappa shape index (κ1) is 26.3. The van der Waals surface area contributed by atoms with E-state index in [4.69, 9.17) is 5.84 Å². The molecule has 3 N–H and O–H groups in total. The van der Waals surface area contributed by atoms with Crippen LogP contribution in [0.5, 0.6) is 0 Å². The van der Waals surface area contributed by atoms with Crippen molar-refractivity contribution < 1.29 is 24.3 Å². The maximum Gasteiger partial charge on any atom is 0.407 e. The van der Waals surface area contributed by atoms with Crippen LogP contribution in [0.15, 0.2) is 35.3 Å². The molecule has 1 heterocycles. The molecule has 1 fully saturated rings. The summed E-state index contributed by atoms with van der Waals surface area (Å²) in [5, 5.41) is 10.7. The topological polar surface area (TPSA) is 137 Å². The van der Waals surface area contributed by atoms with Crippen LogP contribution in [-0.4, -0.2) is 79.2 Å². The molecule has 0 radical (unpaired) electrons. The molecule has 0 spiro atoms. The molecule has 3 amide bonds. The van der Waals surface area contributed by atoms with Crippen molar-refractivity contribution in [1.29, 1.82) is 0 Å². The van der Waals surface area contributed by atoms with Crippen LogP contribution in [0.25, 0.3) is 0 Å². The number of nitrogens with zero attached hydrogens (tertiary/aromatic N) is 4. The zero-order valence-electron chi connectivity index (χ0n) is 19.3. The molecule has 33 heavy (non-hydrogen) atoms. The number of hydrogen-bond donors (Lipinski definition) is 2. The summed E-state index contributed by atoms with van der Waals surface area (Å²) in [5.41, 5.74) is -0.00202. The van der Waals surface area contributed by atoms with Gasteiger partial charge in [-0.2, -0.15) is 0 Å². The van der Waals surface area contributed by atoms with Crippen molar-refractivity contribution in [3.63, 3.8) is 0 Å². The summed E-state index contributed by atoms with van der Waals surface area (Å²) in [6.45, 7) is 6.98. The molecule has 1 saturated heterocycles. The molecule has 11 heteroatoms. The second kappa shape index (κ2) is 11.3. The van der Waals surface area contributed by atoms with Gasteiger partial charge in [0.1, 0.15) is 18.4 Å². The molecule has 0 bridgehead atoms. The molecule has 1 aliphatic rings. The first-order valence-corrected chi connectivity index (χ1v) is 11.6. The Kier molecular flexibility index (Phi) is 9.00. The van der Waals surface area contributed by atoms with E-state index in [0.29, 0.717) is 23.6 Å². The van der Waals surface area contributed by atoms with Crippen LogP contribution in [0.1, 0.15) is 40.5 Å². The first-order valence-electron chi connectivity index (χ1n) is 10.6. The third-order valence-electron chi connectivity index (χ3n) is 5.17. The van der Waals surface area contributed by atoms with Crippen molar-refractivity contribution >= 4 is 46.8 Å². The number of para-hydroxylation sites is 1. The van der Waals surface area contributed by atoms with Crippen LogP contribution in [0.3, 0.4) is 0 Å². The summed E-state index contributed by atoms with van der Waals surface area (Å²) < 4.78 is 0. The molecule has 2 rings (SSSR count). The van der Waals surface area contributed by atoms with Crippen LogP contribution in [-0.2, 0) is 14.4 Å². The summed E-state index contributed by atoms with van der Waals surface area (Å²) in [7, 11) is 0. The number of benzene rings is 1. The lowest BCUT2D eigenvalue weighted by Gasteiger charge is -2.35. The van der Waals surface area contributed by atoms with E-state index in [1.54, 1.807) is 32.9 Å². The number of carboxylic acid groups (broad SMARTS) is 1. The Labute approximate surface area is 197 Å². The number of nitrogens with two attached hydrogens (primary N) is 1. The number of hydrazine groups is 1. The standard InChI is InChI=1S/C22H31N5O5S/c1-15(13-28)27(23)19(30)17(11-8-12-25(21(31)32)22(2,3)4)26-18(29)14-33-20(26)24-16-9-6-5-7-10-16/h5-7,9-10,13,15,17H,8,11-12,14,23H2,1-4H3,(H,31,32)/t15-,17-/m0/s1. The van der Waals surface area contributed by atoms with E-state index in [2.05, 4.69) is 4.99 Å². The second-order valence-electron chi connectivity index (χ2n) is 8.67. The van der Waals surface area contributed by atoms with Gasteiger partial charge in [-0.05, 0) is 52.7 Å². The quantitative estimate of drug-likeness (QED) is 0.241. The van der Waals surface area contributed by atoms with Crippen LogP contribution in [0.2, 0.25) is 0 Å². The molecule has 0 unspecified atom stereocenters. The fourth-order valence-corrected chi connectivity index (χ4v) is 4.27. The summed E-state index contributed by atoms with van der Waals surface area (Å²) in [6, 6.07) is 7.13. The number of amides is 3. The first-order chi connectivity index (χ1) is 15.5. The molecule has 0 saturated carbocycles. The number of carbonyl (C=O) groups excluding carboxylic acids is 3. The highest BCUT2D eigenvalue weighted by atomic mass is 32.2. The molecule has 180 valence electrons. The van der Waals surface area contributed by atoms with Crippen molar-refractivity contribution in [3.05, 3.63) is 30.3 Å². The lowest BCUT2D eigenvalue weighted by molar-refractivity contribution is -0.144. The Balaban J connectivity index is 2.34.